The highest BCUT2D eigenvalue weighted by atomic mass is 16.4. The first-order valence-electron chi connectivity index (χ1n) is 7.50. The summed E-state index contributed by atoms with van der Waals surface area (Å²) in [5, 5.41) is 21.1. The fraction of sp³-hybridized carbons (Fsp3) is 0.929. The second-order valence-electron chi connectivity index (χ2n) is 6.25. The monoisotopic (exact) mass is 269 g/mol. The first-order valence-corrected chi connectivity index (χ1v) is 7.50. The fourth-order valence-corrected chi connectivity index (χ4v) is 3.38. The largest absolute Gasteiger partial charge is 0.409 e. The number of aliphatic hydroxyl groups is 1. The summed E-state index contributed by atoms with van der Waals surface area (Å²) in [6.45, 7) is 1.95. The summed E-state index contributed by atoms with van der Waals surface area (Å²) in [5.74, 6) is 0.338. The second-order valence-corrected chi connectivity index (χ2v) is 6.25. The Morgan fingerprint density at radius 2 is 1.95 bits per heavy atom. The molecule has 2 aliphatic rings. The minimum atomic E-state index is 0.197. The van der Waals surface area contributed by atoms with Crippen molar-refractivity contribution in [2.24, 2.45) is 16.3 Å². The average Bonchev–Trinajstić information content (AvgIpc) is 3.19. The number of hydrogen-bond donors (Lipinski definition) is 3. The Labute approximate surface area is 115 Å². The molecule has 0 saturated heterocycles. The van der Waals surface area contributed by atoms with Crippen molar-refractivity contribution in [1.29, 1.82) is 0 Å². The standard InChI is InChI=1S/C14H27N3O2/c15-13(16-19)10-14(6-7-14)11-17(8-9-18)12-4-2-1-3-5-12/h12,18-19H,1-11H2,(H2,15,16). The molecule has 5 heteroatoms. The molecule has 0 atom stereocenters. The molecule has 0 aromatic heterocycles. The minimum Gasteiger partial charge on any atom is -0.409 e. The van der Waals surface area contributed by atoms with Gasteiger partial charge in [-0.1, -0.05) is 24.4 Å². The van der Waals surface area contributed by atoms with Gasteiger partial charge in [0.1, 0.15) is 5.84 Å². The maximum atomic E-state index is 9.28. The molecule has 0 bridgehead atoms. The quantitative estimate of drug-likeness (QED) is 0.283. The summed E-state index contributed by atoms with van der Waals surface area (Å²) >= 11 is 0. The summed E-state index contributed by atoms with van der Waals surface area (Å²) in [6.07, 6.45) is 9.44. The lowest BCUT2D eigenvalue weighted by Gasteiger charge is -2.36. The van der Waals surface area contributed by atoms with E-state index >= 15 is 0 Å². The van der Waals surface area contributed by atoms with Crippen LogP contribution in [0.1, 0.15) is 51.4 Å². The van der Waals surface area contributed by atoms with Crippen molar-refractivity contribution in [2.75, 3.05) is 19.7 Å². The van der Waals surface area contributed by atoms with Crippen LogP contribution in [0.4, 0.5) is 0 Å². The average molecular weight is 269 g/mol. The van der Waals surface area contributed by atoms with E-state index in [2.05, 4.69) is 10.1 Å². The number of nitrogens with two attached hydrogens (primary N) is 1. The molecule has 0 aromatic rings. The lowest BCUT2D eigenvalue weighted by Crippen LogP contribution is -2.43. The normalized spacial score (nSPS) is 23.8. The number of nitrogens with zero attached hydrogens (tertiary/aromatic N) is 2. The molecule has 110 valence electrons. The van der Waals surface area contributed by atoms with Crippen molar-refractivity contribution in [2.45, 2.75) is 57.4 Å². The van der Waals surface area contributed by atoms with Gasteiger partial charge in [0.15, 0.2) is 0 Å². The highest BCUT2D eigenvalue weighted by Crippen LogP contribution is 2.49. The van der Waals surface area contributed by atoms with E-state index in [1.54, 1.807) is 0 Å². The molecular weight excluding hydrogens is 242 g/mol. The van der Waals surface area contributed by atoms with Crippen molar-refractivity contribution in [3.63, 3.8) is 0 Å². The molecule has 2 fully saturated rings. The lowest BCUT2D eigenvalue weighted by molar-refractivity contribution is 0.102. The van der Waals surface area contributed by atoms with Gasteiger partial charge in [-0.3, -0.25) is 4.90 Å². The van der Waals surface area contributed by atoms with Crippen molar-refractivity contribution in [3.8, 4) is 0 Å². The Balaban J connectivity index is 1.92. The van der Waals surface area contributed by atoms with Gasteiger partial charge in [0.2, 0.25) is 0 Å². The van der Waals surface area contributed by atoms with Crippen molar-refractivity contribution >= 4 is 5.84 Å². The van der Waals surface area contributed by atoms with Gasteiger partial charge >= 0.3 is 0 Å². The zero-order valence-corrected chi connectivity index (χ0v) is 11.7. The van der Waals surface area contributed by atoms with Crippen LogP contribution in [0.25, 0.3) is 0 Å². The maximum Gasteiger partial charge on any atom is 0.139 e. The van der Waals surface area contributed by atoms with E-state index in [0.717, 1.165) is 25.9 Å². The summed E-state index contributed by atoms with van der Waals surface area (Å²) in [4.78, 5) is 2.44. The van der Waals surface area contributed by atoms with E-state index in [4.69, 9.17) is 10.9 Å². The van der Waals surface area contributed by atoms with Gasteiger partial charge in [0, 0.05) is 25.6 Å². The molecule has 2 rings (SSSR count). The van der Waals surface area contributed by atoms with E-state index in [9.17, 15) is 5.11 Å². The molecule has 0 aromatic carbocycles. The van der Waals surface area contributed by atoms with Crippen LogP contribution < -0.4 is 5.73 Å². The molecular formula is C14H27N3O2. The van der Waals surface area contributed by atoms with Gasteiger partial charge in [0.25, 0.3) is 0 Å². The van der Waals surface area contributed by atoms with Crippen LogP contribution in [0.15, 0.2) is 5.16 Å². The summed E-state index contributed by atoms with van der Waals surface area (Å²) in [7, 11) is 0. The van der Waals surface area contributed by atoms with Gasteiger partial charge in [0.05, 0.1) is 6.61 Å². The van der Waals surface area contributed by atoms with Gasteiger partial charge in [-0.15, -0.1) is 0 Å². The molecule has 0 spiro atoms. The zero-order chi connectivity index (χ0) is 13.7. The summed E-state index contributed by atoms with van der Waals surface area (Å²) < 4.78 is 0. The van der Waals surface area contributed by atoms with Gasteiger partial charge in [-0.2, -0.15) is 0 Å². The highest BCUT2D eigenvalue weighted by Gasteiger charge is 2.45. The topological polar surface area (TPSA) is 82.1 Å². The van der Waals surface area contributed by atoms with E-state index in [1.807, 2.05) is 0 Å². The van der Waals surface area contributed by atoms with E-state index < -0.39 is 0 Å². The van der Waals surface area contributed by atoms with Crippen molar-refractivity contribution in [1.82, 2.24) is 4.90 Å². The van der Waals surface area contributed by atoms with Crippen LogP contribution in [0.5, 0.6) is 0 Å². The van der Waals surface area contributed by atoms with Crippen LogP contribution in [-0.2, 0) is 0 Å². The third-order valence-electron chi connectivity index (χ3n) is 4.66. The molecule has 0 heterocycles. The zero-order valence-electron chi connectivity index (χ0n) is 11.7. The van der Waals surface area contributed by atoms with Crippen LogP contribution in [0.3, 0.4) is 0 Å². The molecule has 0 aliphatic heterocycles. The molecule has 0 radical (unpaired) electrons. The van der Waals surface area contributed by atoms with Crippen LogP contribution in [0.2, 0.25) is 0 Å². The minimum absolute atomic E-state index is 0.197. The third-order valence-corrected chi connectivity index (χ3v) is 4.66. The Bertz CT molecular complexity index is 310. The van der Waals surface area contributed by atoms with Crippen molar-refractivity contribution in [3.05, 3.63) is 0 Å². The first-order chi connectivity index (χ1) is 9.19. The number of oxime groups is 1. The molecule has 19 heavy (non-hydrogen) atoms. The molecule has 2 saturated carbocycles. The summed E-state index contributed by atoms with van der Waals surface area (Å²) in [5.41, 5.74) is 5.86. The predicted octanol–water partition coefficient (Wildman–Crippen LogP) is 1.53. The maximum absolute atomic E-state index is 9.28. The van der Waals surface area contributed by atoms with Gasteiger partial charge in [-0.05, 0) is 31.1 Å². The van der Waals surface area contributed by atoms with E-state index in [1.165, 1.54) is 32.1 Å². The fourth-order valence-electron chi connectivity index (χ4n) is 3.38. The Kier molecular flexibility index (Phi) is 5.05. The second kappa shape index (κ2) is 6.57. The number of hydrogen-bond acceptors (Lipinski definition) is 4. The van der Waals surface area contributed by atoms with Crippen LogP contribution in [-0.4, -0.2) is 46.8 Å². The number of aliphatic hydroxyl groups excluding tert-OH is 1. The Morgan fingerprint density at radius 3 is 2.47 bits per heavy atom. The Hall–Kier alpha value is -0.810. The highest BCUT2D eigenvalue weighted by molar-refractivity contribution is 5.80. The van der Waals surface area contributed by atoms with Crippen LogP contribution in [0, 0.1) is 5.41 Å². The predicted molar refractivity (Wildman–Crippen MR) is 75.2 cm³/mol. The number of amidine groups is 1. The molecule has 0 unspecified atom stereocenters. The first kappa shape index (κ1) is 14.6. The lowest BCUT2D eigenvalue weighted by atomic mass is 9.92. The van der Waals surface area contributed by atoms with E-state index in [0.29, 0.717) is 18.3 Å². The molecule has 4 N–H and O–H groups in total. The van der Waals surface area contributed by atoms with Crippen LogP contribution >= 0.6 is 0 Å². The van der Waals surface area contributed by atoms with E-state index in [-0.39, 0.29) is 12.0 Å². The number of rotatable bonds is 7. The van der Waals surface area contributed by atoms with Crippen molar-refractivity contribution < 1.29 is 10.3 Å². The summed E-state index contributed by atoms with van der Waals surface area (Å²) in [6, 6.07) is 0.616. The Morgan fingerprint density at radius 1 is 1.26 bits per heavy atom. The molecule has 5 nitrogen and oxygen atoms in total. The van der Waals surface area contributed by atoms with Gasteiger partial charge in [-0.25, -0.2) is 0 Å². The van der Waals surface area contributed by atoms with Gasteiger partial charge < -0.3 is 16.0 Å². The third kappa shape index (κ3) is 4.08. The smallest absolute Gasteiger partial charge is 0.139 e. The molecule has 2 aliphatic carbocycles. The molecule has 0 amide bonds. The SMILES string of the molecule is NC(CC1(CN(CCO)C2CCCCC2)CC1)=NO.